The Morgan fingerprint density at radius 2 is 2.32 bits per heavy atom. The zero-order valence-electron chi connectivity index (χ0n) is 12.3. The molecule has 1 heterocycles. The molecule has 0 saturated heterocycles. The van der Waals surface area contributed by atoms with Gasteiger partial charge in [-0.15, -0.1) is 11.3 Å². The van der Waals surface area contributed by atoms with Gasteiger partial charge in [-0.05, 0) is 25.1 Å². The number of benzene rings is 1. The maximum Gasteiger partial charge on any atom is 0.275 e. The number of thiazole rings is 1. The summed E-state index contributed by atoms with van der Waals surface area (Å²) in [5.41, 5.74) is 6.21. The van der Waals surface area contributed by atoms with Crippen molar-refractivity contribution in [1.82, 2.24) is 4.98 Å². The van der Waals surface area contributed by atoms with Crippen molar-refractivity contribution < 1.29 is 13.9 Å². The van der Waals surface area contributed by atoms with Gasteiger partial charge in [0.2, 0.25) is 0 Å². The van der Waals surface area contributed by atoms with Crippen molar-refractivity contribution in [2.45, 2.75) is 19.8 Å². The lowest BCUT2D eigenvalue weighted by molar-refractivity contribution is 0.102. The molecule has 1 amide bonds. The number of aromatic nitrogens is 1. The molecule has 0 unspecified atom stereocenters. The van der Waals surface area contributed by atoms with Crippen LogP contribution in [0.15, 0.2) is 23.6 Å². The maximum absolute atomic E-state index is 13.3. The van der Waals surface area contributed by atoms with Gasteiger partial charge < -0.3 is 15.8 Å². The van der Waals surface area contributed by atoms with Crippen molar-refractivity contribution in [3.05, 3.63) is 40.1 Å². The predicted molar refractivity (Wildman–Crippen MR) is 85.0 cm³/mol. The lowest BCUT2D eigenvalue weighted by Crippen LogP contribution is -2.14. The second kappa shape index (κ2) is 7.86. The van der Waals surface area contributed by atoms with Crippen molar-refractivity contribution in [1.29, 1.82) is 0 Å². The second-order valence-electron chi connectivity index (χ2n) is 4.61. The fourth-order valence-electron chi connectivity index (χ4n) is 1.77. The smallest absolute Gasteiger partial charge is 0.275 e. The van der Waals surface area contributed by atoms with Crippen LogP contribution in [0.2, 0.25) is 0 Å². The van der Waals surface area contributed by atoms with Gasteiger partial charge in [0, 0.05) is 17.9 Å². The summed E-state index contributed by atoms with van der Waals surface area (Å²) in [5, 5.41) is 5.19. The Kier molecular flexibility index (Phi) is 5.85. The van der Waals surface area contributed by atoms with E-state index < -0.39 is 5.82 Å². The second-order valence-corrected chi connectivity index (χ2v) is 5.55. The Morgan fingerprint density at radius 1 is 1.50 bits per heavy atom. The van der Waals surface area contributed by atoms with Gasteiger partial charge in [-0.3, -0.25) is 4.79 Å². The largest absolute Gasteiger partial charge is 0.491 e. The summed E-state index contributed by atoms with van der Waals surface area (Å²) in [4.78, 5) is 16.4. The van der Waals surface area contributed by atoms with Crippen LogP contribution in [0.3, 0.4) is 0 Å². The molecule has 22 heavy (non-hydrogen) atoms. The van der Waals surface area contributed by atoms with Gasteiger partial charge in [0.15, 0.2) is 0 Å². The first kappa shape index (κ1) is 16.4. The van der Waals surface area contributed by atoms with Gasteiger partial charge in [-0.1, -0.05) is 6.92 Å². The van der Waals surface area contributed by atoms with Crippen LogP contribution in [0.5, 0.6) is 5.75 Å². The lowest BCUT2D eigenvalue weighted by atomic mass is 10.2. The standard InChI is InChI=1S/C15H18FN3O2S/c1-2-7-21-13-8-10(16)3-4-11(13)19-15(20)12-9-22-14(18-12)5-6-17/h3-4,8-9H,2,5-7,17H2,1H3,(H,19,20). The summed E-state index contributed by atoms with van der Waals surface area (Å²) in [5.74, 6) is -0.455. The molecule has 0 saturated carbocycles. The molecule has 5 nitrogen and oxygen atoms in total. The first-order valence-electron chi connectivity index (χ1n) is 7.02. The molecule has 0 spiro atoms. The van der Waals surface area contributed by atoms with Crippen LogP contribution in [0.1, 0.15) is 28.8 Å². The van der Waals surface area contributed by atoms with Crippen molar-refractivity contribution >= 4 is 22.9 Å². The Balaban J connectivity index is 2.12. The molecule has 0 aliphatic heterocycles. The molecule has 0 aliphatic carbocycles. The summed E-state index contributed by atoms with van der Waals surface area (Å²) in [6, 6.07) is 4.01. The minimum atomic E-state index is -0.414. The van der Waals surface area contributed by atoms with Crippen molar-refractivity contribution in [2.75, 3.05) is 18.5 Å². The quantitative estimate of drug-likeness (QED) is 0.821. The number of anilines is 1. The van der Waals surface area contributed by atoms with E-state index in [0.29, 0.717) is 36.7 Å². The van der Waals surface area contributed by atoms with Crippen molar-refractivity contribution in [3.8, 4) is 5.75 Å². The molecular weight excluding hydrogens is 305 g/mol. The minimum Gasteiger partial charge on any atom is -0.491 e. The molecule has 3 N–H and O–H groups in total. The average Bonchev–Trinajstić information content (AvgIpc) is 2.96. The van der Waals surface area contributed by atoms with E-state index in [4.69, 9.17) is 10.5 Å². The van der Waals surface area contributed by atoms with Crippen LogP contribution in [-0.4, -0.2) is 24.0 Å². The van der Waals surface area contributed by atoms with E-state index in [1.807, 2.05) is 6.92 Å². The van der Waals surface area contributed by atoms with E-state index in [2.05, 4.69) is 10.3 Å². The van der Waals surface area contributed by atoms with Gasteiger partial charge in [0.1, 0.15) is 17.3 Å². The van der Waals surface area contributed by atoms with Crippen LogP contribution in [0, 0.1) is 5.82 Å². The first-order chi connectivity index (χ1) is 10.6. The number of carbonyl (C=O) groups excluding carboxylic acids is 1. The molecule has 0 bridgehead atoms. The van der Waals surface area contributed by atoms with E-state index in [9.17, 15) is 9.18 Å². The number of amides is 1. The fourth-order valence-corrected chi connectivity index (χ4v) is 2.56. The van der Waals surface area contributed by atoms with E-state index >= 15 is 0 Å². The molecule has 0 radical (unpaired) electrons. The zero-order chi connectivity index (χ0) is 15.9. The number of hydrogen-bond acceptors (Lipinski definition) is 5. The molecule has 7 heteroatoms. The predicted octanol–water partition coefficient (Wildman–Crippen LogP) is 2.82. The van der Waals surface area contributed by atoms with Crippen LogP contribution >= 0.6 is 11.3 Å². The maximum atomic E-state index is 13.3. The summed E-state index contributed by atoms with van der Waals surface area (Å²) >= 11 is 1.39. The SMILES string of the molecule is CCCOc1cc(F)ccc1NC(=O)c1csc(CCN)n1. The summed E-state index contributed by atoms with van der Waals surface area (Å²) < 4.78 is 18.8. The Morgan fingerprint density at radius 3 is 3.05 bits per heavy atom. The third-order valence-electron chi connectivity index (χ3n) is 2.80. The molecule has 1 aromatic carbocycles. The number of nitrogens with zero attached hydrogens (tertiary/aromatic N) is 1. The highest BCUT2D eigenvalue weighted by molar-refractivity contribution is 7.09. The summed E-state index contributed by atoms with van der Waals surface area (Å²) in [6.07, 6.45) is 1.43. The van der Waals surface area contributed by atoms with Crippen molar-refractivity contribution in [2.24, 2.45) is 5.73 Å². The van der Waals surface area contributed by atoms with Gasteiger partial charge in [-0.2, -0.15) is 0 Å². The number of nitrogens with two attached hydrogens (primary N) is 1. The van der Waals surface area contributed by atoms with Gasteiger partial charge in [0.25, 0.3) is 5.91 Å². The molecule has 1 aromatic heterocycles. The Bertz CT molecular complexity index is 645. The first-order valence-corrected chi connectivity index (χ1v) is 7.90. The monoisotopic (exact) mass is 323 g/mol. The number of rotatable bonds is 7. The summed E-state index contributed by atoms with van der Waals surface area (Å²) in [6.45, 7) is 2.89. The molecule has 2 rings (SSSR count). The molecular formula is C15H18FN3O2S. The molecule has 0 atom stereocenters. The number of hydrogen-bond donors (Lipinski definition) is 2. The van der Waals surface area contributed by atoms with Crippen molar-refractivity contribution in [3.63, 3.8) is 0 Å². The van der Waals surface area contributed by atoms with Crippen LogP contribution in [0.25, 0.3) is 0 Å². The number of nitrogens with one attached hydrogen (secondary N) is 1. The van der Waals surface area contributed by atoms with E-state index in [1.54, 1.807) is 5.38 Å². The normalized spacial score (nSPS) is 10.5. The highest BCUT2D eigenvalue weighted by Crippen LogP contribution is 2.26. The minimum absolute atomic E-state index is 0.313. The van der Waals surface area contributed by atoms with E-state index in [0.717, 1.165) is 11.4 Å². The Labute approximate surface area is 132 Å². The molecule has 2 aromatic rings. The third kappa shape index (κ3) is 4.25. The van der Waals surface area contributed by atoms with Gasteiger partial charge in [-0.25, -0.2) is 9.37 Å². The molecule has 0 fully saturated rings. The highest BCUT2D eigenvalue weighted by atomic mass is 32.1. The zero-order valence-corrected chi connectivity index (χ0v) is 13.1. The number of halogens is 1. The topological polar surface area (TPSA) is 77.2 Å². The lowest BCUT2D eigenvalue weighted by Gasteiger charge is -2.11. The molecule has 118 valence electrons. The van der Waals surface area contributed by atoms with Crippen LogP contribution in [-0.2, 0) is 6.42 Å². The fraction of sp³-hybridized carbons (Fsp3) is 0.333. The summed E-state index contributed by atoms with van der Waals surface area (Å²) in [7, 11) is 0. The Hall–Kier alpha value is -1.99. The van der Waals surface area contributed by atoms with Crippen LogP contribution < -0.4 is 15.8 Å². The third-order valence-corrected chi connectivity index (χ3v) is 3.70. The van der Waals surface area contributed by atoms with Gasteiger partial charge in [0.05, 0.1) is 17.3 Å². The van der Waals surface area contributed by atoms with Gasteiger partial charge >= 0.3 is 0 Å². The number of ether oxygens (including phenoxy) is 1. The van der Waals surface area contributed by atoms with Crippen LogP contribution in [0.4, 0.5) is 10.1 Å². The van der Waals surface area contributed by atoms with E-state index in [1.165, 1.54) is 29.5 Å². The van der Waals surface area contributed by atoms with E-state index in [-0.39, 0.29) is 5.91 Å². The average molecular weight is 323 g/mol. The highest BCUT2D eigenvalue weighted by Gasteiger charge is 2.14. The number of carbonyl (C=O) groups is 1. The molecule has 0 aliphatic rings.